The van der Waals surface area contributed by atoms with Gasteiger partial charge >= 0.3 is 5.97 Å². The molecular formula is C12H19N3O3. The van der Waals surface area contributed by atoms with Crippen LogP contribution in [0, 0.1) is 0 Å². The Kier molecular flexibility index (Phi) is 6.71. The van der Waals surface area contributed by atoms with E-state index in [0.29, 0.717) is 19.0 Å². The van der Waals surface area contributed by atoms with E-state index in [4.69, 9.17) is 9.84 Å². The molecular weight excluding hydrogens is 234 g/mol. The summed E-state index contributed by atoms with van der Waals surface area (Å²) in [6.07, 6.45) is 5.80. The van der Waals surface area contributed by atoms with Crippen molar-refractivity contribution in [3.8, 4) is 0 Å². The number of carboxylic acids is 1. The fourth-order valence-corrected chi connectivity index (χ4v) is 1.29. The van der Waals surface area contributed by atoms with Crippen LogP contribution in [-0.2, 0) is 4.74 Å². The molecule has 1 aromatic heterocycles. The zero-order valence-corrected chi connectivity index (χ0v) is 10.6. The molecule has 0 amide bonds. The fraction of sp³-hybridized carbons (Fsp3) is 0.583. The van der Waals surface area contributed by atoms with Gasteiger partial charge in [-0.25, -0.2) is 9.78 Å². The van der Waals surface area contributed by atoms with Gasteiger partial charge in [-0.05, 0) is 12.8 Å². The molecule has 6 nitrogen and oxygen atoms in total. The van der Waals surface area contributed by atoms with Crippen LogP contribution in [0.25, 0.3) is 0 Å². The number of unbranched alkanes of at least 4 members (excludes halogenated alkanes) is 1. The van der Waals surface area contributed by atoms with Crippen molar-refractivity contribution >= 4 is 11.8 Å². The van der Waals surface area contributed by atoms with Crippen molar-refractivity contribution in [2.45, 2.75) is 26.2 Å². The van der Waals surface area contributed by atoms with Crippen LogP contribution in [0.3, 0.4) is 0 Å². The van der Waals surface area contributed by atoms with Crippen LogP contribution in [0.5, 0.6) is 0 Å². The third-order valence-electron chi connectivity index (χ3n) is 2.27. The number of rotatable bonds is 9. The third-order valence-corrected chi connectivity index (χ3v) is 2.27. The van der Waals surface area contributed by atoms with Crippen molar-refractivity contribution in [1.29, 1.82) is 0 Å². The van der Waals surface area contributed by atoms with Crippen molar-refractivity contribution in [2.24, 2.45) is 0 Å². The van der Waals surface area contributed by atoms with Crippen LogP contribution in [0.2, 0.25) is 0 Å². The lowest BCUT2D eigenvalue weighted by molar-refractivity contribution is 0.0690. The molecule has 0 aliphatic heterocycles. The quantitative estimate of drug-likeness (QED) is 0.653. The number of aromatic nitrogens is 2. The first-order valence-corrected chi connectivity index (χ1v) is 6.11. The highest BCUT2D eigenvalue weighted by molar-refractivity contribution is 5.85. The number of anilines is 1. The minimum Gasteiger partial charge on any atom is -0.476 e. The van der Waals surface area contributed by atoms with E-state index in [1.807, 2.05) is 0 Å². The predicted octanol–water partition coefficient (Wildman–Crippen LogP) is 1.79. The number of nitrogens with one attached hydrogen (secondary N) is 1. The Labute approximate surface area is 106 Å². The van der Waals surface area contributed by atoms with Gasteiger partial charge in [-0.15, -0.1) is 0 Å². The van der Waals surface area contributed by atoms with Gasteiger partial charge in [-0.1, -0.05) is 13.3 Å². The number of hydrogen-bond acceptors (Lipinski definition) is 5. The van der Waals surface area contributed by atoms with Gasteiger partial charge in [0.2, 0.25) is 0 Å². The SMILES string of the molecule is CCCCOCCCNc1cncc(C(=O)O)n1. The predicted molar refractivity (Wildman–Crippen MR) is 67.8 cm³/mol. The van der Waals surface area contributed by atoms with E-state index < -0.39 is 5.97 Å². The standard InChI is InChI=1S/C12H19N3O3/c1-2-3-6-18-7-4-5-14-11-9-13-8-10(15-11)12(16)17/h8-9H,2-7H2,1H3,(H,14,15)(H,16,17). The lowest BCUT2D eigenvalue weighted by atomic mass is 10.3. The van der Waals surface area contributed by atoms with Crippen molar-refractivity contribution in [2.75, 3.05) is 25.1 Å². The van der Waals surface area contributed by atoms with Gasteiger partial charge in [-0.3, -0.25) is 4.98 Å². The van der Waals surface area contributed by atoms with Crippen molar-refractivity contribution in [3.63, 3.8) is 0 Å². The van der Waals surface area contributed by atoms with Crippen LogP contribution in [-0.4, -0.2) is 40.8 Å². The zero-order valence-electron chi connectivity index (χ0n) is 10.6. The molecule has 1 rings (SSSR count). The first-order chi connectivity index (χ1) is 8.74. The molecule has 1 aromatic rings. The van der Waals surface area contributed by atoms with E-state index in [9.17, 15) is 4.79 Å². The summed E-state index contributed by atoms with van der Waals surface area (Å²) in [5.74, 6) is -0.600. The molecule has 0 aromatic carbocycles. The Hall–Kier alpha value is -1.69. The number of carboxylic acid groups (broad SMARTS) is 1. The summed E-state index contributed by atoms with van der Waals surface area (Å²) in [6, 6.07) is 0. The molecule has 0 aliphatic carbocycles. The van der Waals surface area contributed by atoms with Gasteiger partial charge in [0.25, 0.3) is 0 Å². The van der Waals surface area contributed by atoms with E-state index in [-0.39, 0.29) is 5.69 Å². The Morgan fingerprint density at radius 1 is 1.39 bits per heavy atom. The normalized spacial score (nSPS) is 10.3. The van der Waals surface area contributed by atoms with E-state index in [1.165, 1.54) is 12.4 Å². The van der Waals surface area contributed by atoms with Gasteiger partial charge in [0, 0.05) is 19.8 Å². The van der Waals surface area contributed by atoms with E-state index in [2.05, 4.69) is 22.2 Å². The minimum atomic E-state index is -1.07. The van der Waals surface area contributed by atoms with Crippen LogP contribution in [0.15, 0.2) is 12.4 Å². The summed E-state index contributed by atoms with van der Waals surface area (Å²) in [7, 11) is 0. The molecule has 1 heterocycles. The molecule has 0 spiro atoms. The number of ether oxygens (including phenoxy) is 1. The Bertz CT molecular complexity index is 371. The monoisotopic (exact) mass is 253 g/mol. The maximum atomic E-state index is 10.7. The second-order valence-electron chi connectivity index (χ2n) is 3.84. The molecule has 0 unspecified atom stereocenters. The number of nitrogens with zero attached hydrogens (tertiary/aromatic N) is 2. The molecule has 0 fully saturated rings. The third kappa shape index (κ3) is 5.58. The molecule has 0 radical (unpaired) electrons. The highest BCUT2D eigenvalue weighted by atomic mass is 16.5. The average molecular weight is 253 g/mol. The summed E-state index contributed by atoms with van der Waals surface area (Å²) in [5.41, 5.74) is -0.0563. The zero-order chi connectivity index (χ0) is 13.2. The van der Waals surface area contributed by atoms with Gasteiger partial charge in [0.1, 0.15) is 5.82 Å². The topological polar surface area (TPSA) is 84.3 Å². The van der Waals surface area contributed by atoms with Crippen LogP contribution >= 0.6 is 0 Å². The van der Waals surface area contributed by atoms with Crippen molar-refractivity contribution < 1.29 is 14.6 Å². The van der Waals surface area contributed by atoms with E-state index in [0.717, 1.165) is 25.9 Å². The van der Waals surface area contributed by atoms with E-state index in [1.54, 1.807) is 0 Å². The smallest absolute Gasteiger partial charge is 0.356 e. The molecule has 0 saturated carbocycles. The molecule has 0 atom stereocenters. The van der Waals surface area contributed by atoms with Crippen molar-refractivity contribution in [1.82, 2.24) is 9.97 Å². The molecule has 6 heteroatoms. The fourth-order valence-electron chi connectivity index (χ4n) is 1.29. The first-order valence-electron chi connectivity index (χ1n) is 6.11. The second-order valence-corrected chi connectivity index (χ2v) is 3.84. The summed E-state index contributed by atoms with van der Waals surface area (Å²) < 4.78 is 5.40. The largest absolute Gasteiger partial charge is 0.476 e. The molecule has 0 bridgehead atoms. The molecule has 2 N–H and O–H groups in total. The maximum absolute atomic E-state index is 10.7. The summed E-state index contributed by atoms with van der Waals surface area (Å²) in [5, 5.41) is 11.8. The lowest BCUT2D eigenvalue weighted by Gasteiger charge is -2.06. The van der Waals surface area contributed by atoms with Gasteiger partial charge in [0.05, 0.1) is 12.4 Å². The van der Waals surface area contributed by atoms with Crippen LogP contribution < -0.4 is 5.32 Å². The number of hydrogen-bond donors (Lipinski definition) is 2. The summed E-state index contributed by atoms with van der Waals surface area (Å²) in [4.78, 5) is 18.4. The summed E-state index contributed by atoms with van der Waals surface area (Å²) in [6.45, 7) is 4.30. The summed E-state index contributed by atoms with van der Waals surface area (Å²) >= 11 is 0. The molecule has 18 heavy (non-hydrogen) atoms. The highest BCUT2D eigenvalue weighted by Gasteiger charge is 2.05. The molecule has 0 aliphatic rings. The molecule has 100 valence electrons. The average Bonchev–Trinajstić information content (AvgIpc) is 2.38. The highest BCUT2D eigenvalue weighted by Crippen LogP contribution is 2.02. The van der Waals surface area contributed by atoms with E-state index >= 15 is 0 Å². The van der Waals surface area contributed by atoms with Gasteiger partial charge in [-0.2, -0.15) is 0 Å². The Morgan fingerprint density at radius 3 is 2.89 bits per heavy atom. The maximum Gasteiger partial charge on any atom is 0.356 e. The van der Waals surface area contributed by atoms with Crippen LogP contribution in [0.1, 0.15) is 36.7 Å². The Balaban J connectivity index is 2.19. The second kappa shape index (κ2) is 8.41. The van der Waals surface area contributed by atoms with Gasteiger partial charge < -0.3 is 15.2 Å². The van der Waals surface area contributed by atoms with Crippen molar-refractivity contribution in [3.05, 3.63) is 18.1 Å². The minimum absolute atomic E-state index is 0.0563. The lowest BCUT2D eigenvalue weighted by Crippen LogP contribution is -2.10. The first kappa shape index (κ1) is 14.4. The molecule has 0 saturated heterocycles. The number of carbonyl (C=O) groups is 1. The van der Waals surface area contributed by atoms with Gasteiger partial charge in [0.15, 0.2) is 5.69 Å². The Morgan fingerprint density at radius 2 is 2.17 bits per heavy atom. The van der Waals surface area contributed by atoms with Crippen LogP contribution in [0.4, 0.5) is 5.82 Å². The number of aromatic carboxylic acids is 1.